The van der Waals surface area contributed by atoms with E-state index in [1.54, 1.807) is 12.4 Å². The van der Waals surface area contributed by atoms with E-state index >= 15 is 0 Å². The van der Waals surface area contributed by atoms with Gasteiger partial charge in [0.05, 0.1) is 28.0 Å². The number of nitrogens with one attached hydrogen (secondary N) is 2. The van der Waals surface area contributed by atoms with Gasteiger partial charge >= 0.3 is 0 Å². The fourth-order valence-corrected chi connectivity index (χ4v) is 9.81. The standard InChI is InChI=1S/C44H52N10O5/c1-44(13-14-44)59-30-5-6-33-32(23-30)40(49-48-33)34-24-37(46-27-45-34)53-17-11-29(12-18-53)26-51-21-19-50(20-22-51)25-28-9-15-52(16-10-28)35-4-2-3-31-39(35)43(58)54(42(31)57)36-7-8-38(55)47-41(36)56/h2-6,23-24,27-29,36H,7-22,25-26H2,1H3,(H,48,49)(H,47,55,56). The molecule has 1 saturated carbocycles. The van der Waals surface area contributed by atoms with Crippen molar-refractivity contribution in [2.75, 3.05) is 75.2 Å². The van der Waals surface area contributed by atoms with Crippen molar-refractivity contribution in [3.05, 3.63) is 59.9 Å². The van der Waals surface area contributed by atoms with Gasteiger partial charge in [0.2, 0.25) is 11.8 Å². The van der Waals surface area contributed by atoms with Crippen LogP contribution in [0.25, 0.3) is 22.3 Å². The molecule has 0 radical (unpaired) electrons. The van der Waals surface area contributed by atoms with Crippen molar-refractivity contribution < 1.29 is 23.9 Å². The Hall–Kier alpha value is -5.41. The monoisotopic (exact) mass is 800 g/mol. The summed E-state index contributed by atoms with van der Waals surface area (Å²) in [6.07, 6.45) is 8.41. The van der Waals surface area contributed by atoms with Crippen molar-refractivity contribution in [2.24, 2.45) is 11.8 Å². The number of ether oxygens (including phenoxy) is 1. The molecule has 15 heteroatoms. The molecule has 1 aliphatic carbocycles. The molecule has 2 N–H and O–H groups in total. The van der Waals surface area contributed by atoms with Crippen molar-refractivity contribution >= 4 is 46.0 Å². The molecule has 2 aromatic carbocycles. The molecule has 1 unspecified atom stereocenters. The number of hydrogen-bond donors (Lipinski definition) is 2. The molecule has 7 heterocycles. The molecule has 0 spiro atoms. The van der Waals surface area contributed by atoms with Crippen molar-refractivity contribution in [2.45, 2.75) is 69.9 Å². The predicted octanol–water partition coefficient (Wildman–Crippen LogP) is 4.10. The van der Waals surface area contributed by atoms with E-state index in [9.17, 15) is 19.2 Å². The minimum Gasteiger partial charge on any atom is -0.488 e. The molecular weight excluding hydrogens is 749 g/mol. The fourth-order valence-electron chi connectivity index (χ4n) is 9.81. The van der Waals surface area contributed by atoms with E-state index < -0.39 is 23.8 Å². The van der Waals surface area contributed by atoms with Crippen LogP contribution in [0, 0.1) is 11.8 Å². The van der Waals surface area contributed by atoms with E-state index in [1.807, 2.05) is 24.3 Å². The van der Waals surface area contributed by atoms with Gasteiger partial charge in [0.15, 0.2) is 0 Å². The second-order valence-electron chi connectivity index (χ2n) is 17.7. The van der Waals surface area contributed by atoms with Crippen LogP contribution in [0.1, 0.15) is 79.0 Å². The van der Waals surface area contributed by atoms with Gasteiger partial charge in [0.25, 0.3) is 11.8 Å². The summed E-state index contributed by atoms with van der Waals surface area (Å²) in [7, 11) is 0. The molecule has 15 nitrogen and oxygen atoms in total. The Morgan fingerprint density at radius 3 is 2.15 bits per heavy atom. The molecule has 10 rings (SSSR count). The number of amides is 4. The highest BCUT2D eigenvalue weighted by Crippen LogP contribution is 2.41. The van der Waals surface area contributed by atoms with Crippen LogP contribution in [0.3, 0.4) is 0 Å². The van der Waals surface area contributed by atoms with Crippen LogP contribution >= 0.6 is 0 Å². The highest BCUT2D eigenvalue weighted by atomic mass is 16.5. The predicted molar refractivity (Wildman–Crippen MR) is 221 cm³/mol. The van der Waals surface area contributed by atoms with E-state index in [2.05, 4.69) is 64.1 Å². The van der Waals surface area contributed by atoms with Gasteiger partial charge < -0.3 is 24.3 Å². The minimum atomic E-state index is -0.960. The molecule has 4 amide bonds. The Kier molecular flexibility index (Phi) is 9.82. The third-order valence-electron chi connectivity index (χ3n) is 13.6. The highest BCUT2D eigenvalue weighted by molar-refractivity contribution is 6.25. The Bertz CT molecular complexity index is 2280. The van der Waals surface area contributed by atoms with Crippen molar-refractivity contribution in [1.82, 2.24) is 40.2 Å². The number of hydrogen-bond acceptors (Lipinski definition) is 12. The molecule has 1 atom stereocenters. The molecule has 4 saturated heterocycles. The summed E-state index contributed by atoms with van der Waals surface area (Å²) in [6.45, 7) is 12.3. The zero-order chi connectivity index (χ0) is 40.3. The average Bonchev–Trinajstić information content (AvgIpc) is 3.73. The number of aromatic nitrogens is 4. The average molecular weight is 801 g/mol. The number of piperidine rings is 3. The van der Waals surface area contributed by atoms with E-state index in [4.69, 9.17) is 4.74 Å². The third kappa shape index (κ3) is 7.54. The Balaban J connectivity index is 0.678. The maximum atomic E-state index is 13.7. The van der Waals surface area contributed by atoms with Crippen molar-refractivity contribution in [3.8, 4) is 17.1 Å². The van der Waals surface area contributed by atoms with Crippen LogP contribution in [0.15, 0.2) is 48.8 Å². The Labute approximate surface area is 343 Å². The number of benzene rings is 2. The van der Waals surface area contributed by atoms with E-state index in [1.165, 1.54) is 0 Å². The van der Waals surface area contributed by atoms with Crippen LogP contribution in [0.2, 0.25) is 0 Å². The van der Waals surface area contributed by atoms with Gasteiger partial charge in [-0.2, -0.15) is 5.10 Å². The zero-order valence-corrected chi connectivity index (χ0v) is 33.7. The Morgan fingerprint density at radius 2 is 1.47 bits per heavy atom. The van der Waals surface area contributed by atoms with Crippen LogP contribution in [-0.4, -0.2) is 136 Å². The molecule has 2 aromatic heterocycles. The minimum absolute atomic E-state index is 0.0440. The summed E-state index contributed by atoms with van der Waals surface area (Å²) in [5.41, 5.74) is 4.04. The lowest BCUT2D eigenvalue weighted by atomic mass is 9.94. The number of piperazine rings is 1. The first-order valence-corrected chi connectivity index (χ1v) is 21.5. The first-order valence-electron chi connectivity index (χ1n) is 21.5. The van der Waals surface area contributed by atoms with Gasteiger partial charge in [-0.25, -0.2) is 9.97 Å². The van der Waals surface area contributed by atoms with E-state index in [-0.39, 0.29) is 24.3 Å². The molecule has 5 fully saturated rings. The molecule has 5 aliphatic heterocycles. The number of H-pyrrole nitrogens is 1. The number of rotatable bonds is 10. The number of carbonyl (C=O) groups is 4. The quantitative estimate of drug-likeness (QED) is 0.222. The number of carbonyl (C=O) groups excluding carboxylic acids is 4. The van der Waals surface area contributed by atoms with Crippen molar-refractivity contribution in [1.29, 1.82) is 0 Å². The first kappa shape index (κ1) is 37.8. The molecule has 6 aliphatic rings. The molecule has 59 heavy (non-hydrogen) atoms. The summed E-state index contributed by atoms with van der Waals surface area (Å²) in [6, 6.07) is 12.6. The number of fused-ring (bicyclic) bond motifs is 2. The lowest BCUT2D eigenvalue weighted by molar-refractivity contribution is -0.136. The smallest absolute Gasteiger partial charge is 0.264 e. The number of anilines is 2. The SMILES string of the molecule is CC1(Oc2ccc3[nH]nc(-c4cc(N5CCC(CN6CCN(CC7CCN(c8cccc9c8C(=O)N(C8CCC(=O)NC8=O)C9=O)CC7)CC6)CC5)ncn4)c3c2)CC1. The summed E-state index contributed by atoms with van der Waals surface area (Å²) in [5.74, 6) is 1.21. The second kappa shape index (κ2) is 15.3. The van der Waals surface area contributed by atoms with Crippen LogP contribution in [0.5, 0.6) is 5.75 Å². The van der Waals surface area contributed by atoms with Gasteiger partial charge in [-0.1, -0.05) is 6.07 Å². The van der Waals surface area contributed by atoms with Gasteiger partial charge in [-0.15, -0.1) is 0 Å². The van der Waals surface area contributed by atoms with Crippen LogP contribution in [-0.2, 0) is 9.59 Å². The third-order valence-corrected chi connectivity index (χ3v) is 13.6. The summed E-state index contributed by atoms with van der Waals surface area (Å²) in [5, 5.41) is 11.1. The van der Waals surface area contributed by atoms with Gasteiger partial charge in [0, 0.05) is 83.3 Å². The van der Waals surface area contributed by atoms with Crippen molar-refractivity contribution in [3.63, 3.8) is 0 Å². The number of nitrogens with zero attached hydrogens (tertiary/aromatic N) is 8. The Morgan fingerprint density at radius 1 is 0.780 bits per heavy atom. The molecular formula is C44H52N10O5. The molecule has 4 aromatic rings. The summed E-state index contributed by atoms with van der Waals surface area (Å²) >= 11 is 0. The number of aromatic amines is 1. The lowest BCUT2D eigenvalue weighted by Crippen LogP contribution is -2.54. The largest absolute Gasteiger partial charge is 0.488 e. The lowest BCUT2D eigenvalue weighted by Gasteiger charge is -2.41. The zero-order valence-electron chi connectivity index (χ0n) is 33.7. The second-order valence-corrected chi connectivity index (χ2v) is 17.7. The summed E-state index contributed by atoms with van der Waals surface area (Å²) < 4.78 is 6.23. The molecule has 0 bridgehead atoms. The van der Waals surface area contributed by atoms with Crippen LogP contribution in [0.4, 0.5) is 11.5 Å². The topological polar surface area (TPSA) is 160 Å². The van der Waals surface area contributed by atoms with Gasteiger partial charge in [0.1, 0.15) is 35.2 Å². The summed E-state index contributed by atoms with van der Waals surface area (Å²) in [4.78, 5) is 71.5. The first-order chi connectivity index (χ1) is 28.7. The van der Waals surface area contributed by atoms with E-state index in [0.29, 0.717) is 23.0 Å². The maximum absolute atomic E-state index is 13.7. The van der Waals surface area contributed by atoms with E-state index in [0.717, 1.165) is 148 Å². The molecule has 308 valence electrons. The van der Waals surface area contributed by atoms with Gasteiger partial charge in [-0.3, -0.25) is 34.5 Å². The maximum Gasteiger partial charge on any atom is 0.264 e. The van der Waals surface area contributed by atoms with Gasteiger partial charge in [-0.05, 0) is 94.0 Å². The highest BCUT2D eigenvalue weighted by Gasteiger charge is 2.46. The fraction of sp³-hybridized carbons (Fsp3) is 0.523. The normalized spacial score (nSPS) is 23.3. The van der Waals surface area contributed by atoms with Crippen LogP contribution < -0.4 is 19.9 Å². The number of imide groups is 2.